The fourth-order valence-corrected chi connectivity index (χ4v) is 2.13. The number of aliphatic hydroxyl groups excluding tert-OH is 1. The Bertz CT molecular complexity index is 499. The Morgan fingerprint density at radius 2 is 1.90 bits per heavy atom. The van der Waals surface area contributed by atoms with Crippen LogP contribution in [0, 0.1) is 0 Å². The zero-order chi connectivity index (χ0) is 14.7. The molecule has 1 aromatic carbocycles. The van der Waals surface area contributed by atoms with Gasteiger partial charge in [0.15, 0.2) is 0 Å². The molecule has 1 fully saturated rings. The zero-order valence-electron chi connectivity index (χ0n) is 11.2. The number of benzene rings is 1. The summed E-state index contributed by atoms with van der Waals surface area (Å²) in [6.45, 7) is 2.45. The number of carboxylic acids is 1. The van der Waals surface area contributed by atoms with Crippen molar-refractivity contribution in [3.63, 3.8) is 0 Å². The molecule has 1 aliphatic heterocycles. The van der Waals surface area contributed by atoms with E-state index in [-0.39, 0.29) is 30.2 Å². The van der Waals surface area contributed by atoms with Crippen LogP contribution in [-0.4, -0.2) is 58.9 Å². The van der Waals surface area contributed by atoms with Gasteiger partial charge >= 0.3 is 5.97 Å². The van der Waals surface area contributed by atoms with Gasteiger partial charge in [-0.1, -0.05) is 0 Å². The van der Waals surface area contributed by atoms with Crippen LogP contribution in [0.5, 0.6) is 0 Å². The molecule has 2 unspecified atom stereocenters. The van der Waals surface area contributed by atoms with Gasteiger partial charge < -0.3 is 19.8 Å². The van der Waals surface area contributed by atoms with E-state index in [0.29, 0.717) is 18.7 Å². The molecule has 1 amide bonds. The van der Waals surface area contributed by atoms with Gasteiger partial charge in [0.2, 0.25) is 0 Å². The SMILES string of the molecule is CC1COC(CO)CN1C(=O)c1ccc(C(=O)O)cc1. The maximum atomic E-state index is 12.4. The molecule has 2 N–H and O–H groups in total. The van der Waals surface area contributed by atoms with Crippen LogP contribution in [0.1, 0.15) is 27.6 Å². The van der Waals surface area contributed by atoms with Gasteiger partial charge in [0.1, 0.15) is 0 Å². The normalized spacial score (nSPS) is 22.6. The average molecular weight is 279 g/mol. The Labute approximate surface area is 116 Å². The molecule has 0 aromatic heterocycles. The van der Waals surface area contributed by atoms with Gasteiger partial charge in [-0.3, -0.25) is 4.79 Å². The summed E-state index contributed by atoms with van der Waals surface area (Å²) in [6.07, 6.45) is -0.367. The van der Waals surface area contributed by atoms with Crippen LogP contribution >= 0.6 is 0 Å². The van der Waals surface area contributed by atoms with E-state index in [1.807, 2.05) is 6.92 Å². The minimum Gasteiger partial charge on any atom is -0.478 e. The van der Waals surface area contributed by atoms with Crippen molar-refractivity contribution in [3.05, 3.63) is 35.4 Å². The second-order valence-corrected chi connectivity index (χ2v) is 4.83. The van der Waals surface area contributed by atoms with E-state index in [1.165, 1.54) is 24.3 Å². The highest BCUT2D eigenvalue weighted by Gasteiger charge is 2.29. The van der Waals surface area contributed by atoms with Crippen molar-refractivity contribution < 1.29 is 24.5 Å². The van der Waals surface area contributed by atoms with E-state index < -0.39 is 5.97 Å². The minimum atomic E-state index is -1.02. The fourth-order valence-electron chi connectivity index (χ4n) is 2.13. The Hall–Kier alpha value is -1.92. The first kappa shape index (κ1) is 14.5. The van der Waals surface area contributed by atoms with E-state index in [2.05, 4.69) is 0 Å². The van der Waals surface area contributed by atoms with Crippen LogP contribution in [0.4, 0.5) is 0 Å². The van der Waals surface area contributed by atoms with Crippen LogP contribution in [-0.2, 0) is 4.74 Å². The maximum absolute atomic E-state index is 12.4. The van der Waals surface area contributed by atoms with E-state index in [1.54, 1.807) is 4.90 Å². The van der Waals surface area contributed by atoms with Crippen LogP contribution in [0.25, 0.3) is 0 Å². The molecule has 0 spiro atoms. The van der Waals surface area contributed by atoms with Crippen molar-refractivity contribution in [3.8, 4) is 0 Å². The standard InChI is InChI=1S/C14H17NO5/c1-9-8-20-12(7-16)6-15(9)13(17)10-2-4-11(5-3-10)14(18)19/h2-5,9,12,16H,6-8H2,1H3,(H,18,19). The predicted octanol–water partition coefficient (Wildman–Crippen LogP) is 0.607. The summed E-state index contributed by atoms with van der Waals surface area (Å²) in [4.78, 5) is 24.8. The molecular weight excluding hydrogens is 262 g/mol. The number of morpholine rings is 1. The van der Waals surface area contributed by atoms with Gasteiger partial charge in [-0.25, -0.2) is 4.79 Å². The first-order chi connectivity index (χ1) is 9.52. The Kier molecular flexibility index (Phi) is 4.36. The molecule has 6 nitrogen and oxygen atoms in total. The quantitative estimate of drug-likeness (QED) is 0.846. The number of nitrogens with zero attached hydrogens (tertiary/aromatic N) is 1. The minimum absolute atomic E-state index is 0.0792. The molecular formula is C14H17NO5. The van der Waals surface area contributed by atoms with Crippen LogP contribution in [0.3, 0.4) is 0 Å². The van der Waals surface area contributed by atoms with Gasteiger partial charge in [-0.05, 0) is 31.2 Å². The second kappa shape index (κ2) is 6.02. The fraction of sp³-hybridized carbons (Fsp3) is 0.429. The molecule has 1 saturated heterocycles. The molecule has 1 aliphatic rings. The lowest BCUT2D eigenvalue weighted by molar-refractivity contribution is -0.0667. The van der Waals surface area contributed by atoms with Gasteiger partial charge in [-0.2, -0.15) is 0 Å². The molecule has 0 radical (unpaired) electrons. The predicted molar refractivity (Wildman–Crippen MR) is 70.7 cm³/mol. The molecule has 20 heavy (non-hydrogen) atoms. The Morgan fingerprint density at radius 3 is 2.45 bits per heavy atom. The largest absolute Gasteiger partial charge is 0.478 e. The van der Waals surface area contributed by atoms with Crippen LogP contribution in [0.2, 0.25) is 0 Å². The summed E-state index contributed by atoms with van der Waals surface area (Å²) >= 11 is 0. The van der Waals surface area contributed by atoms with Gasteiger partial charge in [0.05, 0.1) is 30.9 Å². The van der Waals surface area contributed by atoms with E-state index in [4.69, 9.17) is 14.9 Å². The lowest BCUT2D eigenvalue weighted by Crippen LogP contribution is -2.52. The number of aromatic carboxylic acids is 1. The van der Waals surface area contributed by atoms with Crippen molar-refractivity contribution in [1.29, 1.82) is 0 Å². The van der Waals surface area contributed by atoms with Crippen molar-refractivity contribution >= 4 is 11.9 Å². The lowest BCUT2D eigenvalue weighted by Gasteiger charge is -2.37. The summed E-state index contributed by atoms with van der Waals surface area (Å²) < 4.78 is 5.38. The Balaban J connectivity index is 2.15. The molecule has 1 aromatic rings. The molecule has 6 heteroatoms. The van der Waals surface area contributed by atoms with Gasteiger partial charge in [-0.15, -0.1) is 0 Å². The van der Waals surface area contributed by atoms with Gasteiger partial charge in [0.25, 0.3) is 5.91 Å². The highest BCUT2D eigenvalue weighted by molar-refractivity contribution is 5.96. The molecule has 0 saturated carbocycles. The zero-order valence-corrected chi connectivity index (χ0v) is 11.2. The lowest BCUT2D eigenvalue weighted by atomic mass is 10.1. The van der Waals surface area contributed by atoms with E-state index in [9.17, 15) is 9.59 Å². The van der Waals surface area contributed by atoms with E-state index in [0.717, 1.165) is 0 Å². The summed E-state index contributed by atoms with van der Waals surface area (Å²) in [5.41, 5.74) is 0.574. The highest BCUT2D eigenvalue weighted by Crippen LogP contribution is 2.16. The topological polar surface area (TPSA) is 87.1 Å². The number of hydrogen-bond donors (Lipinski definition) is 2. The van der Waals surface area contributed by atoms with Gasteiger partial charge in [0, 0.05) is 12.1 Å². The number of ether oxygens (including phenoxy) is 1. The monoisotopic (exact) mass is 279 g/mol. The third-order valence-electron chi connectivity index (χ3n) is 3.35. The third kappa shape index (κ3) is 2.97. The number of carbonyl (C=O) groups is 2. The Morgan fingerprint density at radius 1 is 1.30 bits per heavy atom. The van der Waals surface area contributed by atoms with E-state index >= 15 is 0 Å². The van der Waals surface area contributed by atoms with Crippen LogP contribution in [0.15, 0.2) is 24.3 Å². The molecule has 108 valence electrons. The molecule has 0 bridgehead atoms. The molecule has 2 atom stereocenters. The summed E-state index contributed by atoms with van der Waals surface area (Å²) in [5.74, 6) is -1.21. The van der Waals surface area contributed by atoms with Crippen LogP contribution < -0.4 is 0 Å². The highest BCUT2D eigenvalue weighted by atomic mass is 16.5. The number of rotatable bonds is 3. The smallest absolute Gasteiger partial charge is 0.335 e. The summed E-state index contributed by atoms with van der Waals surface area (Å²) in [7, 11) is 0. The van der Waals surface area contributed by atoms with Crippen molar-refractivity contribution in [1.82, 2.24) is 4.90 Å². The molecule has 2 rings (SSSR count). The van der Waals surface area contributed by atoms with Crippen molar-refractivity contribution in [2.24, 2.45) is 0 Å². The van der Waals surface area contributed by atoms with Crippen molar-refractivity contribution in [2.45, 2.75) is 19.1 Å². The summed E-state index contributed by atoms with van der Waals surface area (Å²) in [5, 5.41) is 17.9. The number of carbonyl (C=O) groups excluding carboxylic acids is 1. The first-order valence-corrected chi connectivity index (χ1v) is 6.39. The maximum Gasteiger partial charge on any atom is 0.335 e. The summed E-state index contributed by atoms with van der Waals surface area (Å²) in [6, 6.07) is 5.74. The number of aliphatic hydroxyl groups is 1. The molecule has 0 aliphatic carbocycles. The number of amides is 1. The molecule has 1 heterocycles. The first-order valence-electron chi connectivity index (χ1n) is 6.39. The number of carboxylic acid groups (broad SMARTS) is 1. The average Bonchev–Trinajstić information content (AvgIpc) is 2.47. The second-order valence-electron chi connectivity index (χ2n) is 4.83. The van der Waals surface area contributed by atoms with Crippen molar-refractivity contribution in [2.75, 3.05) is 19.8 Å². The number of hydrogen-bond acceptors (Lipinski definition) is 4. The third-order valence-corrected chi connectivity index (χ3v) is 3.35.